The maximum absolute atomic E-state index is 12.1. The number of anilines is 1. The molecule has 1 aromatic carbocycles. The molecule has 116 valence electrons. The molecule has 2 amide bonds. The molecule has 0 bridgehead atoms. The smallest absolute Gasteiger partial charge is 0.237 e. The number of carbonyl (C=O) groups excluding carboxylic acids is 2. The van der Waals surface area contributed by atoms with E-state index in [9.17, 15) is 9.59 Å². The van der Waals surface area contributed by atoms with Crippen molar-refractivity contribution in [1.29, 1.82) is 0 Å². The van der Waals surface area contributed by atoms with Gasteiger partial charge >= 0.3 is 0 Å². The third-order valence-electron chi connectivity index (χ3n) is 3.66. The van der Waals surface area contributed by atoms with Crippen molar-refractivity contribution in [3.8, 4) is 0 Å². The summed E-state index contributed by atoms with van der Waals surface area (Å²) in [4.78, 5) is 24.0. The topological polar surface area (TPSA) is 84.2 Å². The number of hydrogen-bond donors (Lipinski definition) is 3. The molecule has 1 heterocycles. The molecule has 1 aliphatic heterocycles. The number of rotatable bonds is 0. The van der Waals surface area contributed by atoms with Gasteiger partial charge in [-0.15, -0.1) is 12.4 Å². The van der Waals surface area contributed by atoms with Crippen LogP contribution in [0, 0.1) is 5.92 Å². The molecule has 2 rings (SSSR count). The largest absolute Gasteiger partial charge is 0.351 e. The summed E-state index contributed by atoms with van der Waals surface area (Å²) < 4.78 is 0. The number of hydrogen-bond acceptors (Lipinski definition) is 3. The van der Waals surface area contributed by atoms with E-state index in [1.54, 1.807) is 0 Å². The Kier molecular flexibility index (Phi) is 6.65. The molecule has 0 saturated carbocycles. The zero-order valence-corrected chi connectivity index (χ0v) is 12.9. The van der Waals surface area contributed by atoms with Crippen molar-refractivity contribution in [3.05, 3.63) is 29.8 Å². The summed E-state index contributed by atoms with van der Waals surface area (Å²) in [7, 11) is 0. The summed E-state index contributed by atoms with van der Waals surface area (Å²) in [5, 5.41) is 5.75. The molecule has 0 fully saturated rings. The first-order valence-corrected chi connectivity index (χ1v) is 7.00. The van der Waals surface area contributed by atoms with E-state index in [4.69, 9.17) is 5.73 Å². The molecule has 2 atom stereocenters. The summed E-state index contributed by atoms with van der Waals surface area (Å²) in [6.45, 7) is 2.27. The van der Waals surface area contributed by atoms with E-state index in [1.807, 2.05) is 31.2 Å². The van der Waals surface area contributed by atoms with Crippen molar-refractivity contribution >= 4 is 29.9 Å². The Morgan fingerprint density at radius 1 is 1.14 bits per heavy atom. The third kappa shape index (κ3) is 4.72. The normalized spacial score (nSPS) is 23.5. The summed E-state index contributed by atoms with van der Waals surface area (Å²) in [5.74, 6) is -0.213. The Morgan fingerprint density at radius 2 is 1.86 bits per heavy atom. The number of amides is 2. The average Bonchev–Trinajstić information content (AvgIpc) is 2.44. The first-order chi connectivity index (χ1) is 9.58. The van der Waals surface area contributed by atoms with Crippen molar-refractivity contribution in [2.75, 3.05) is 5.32 Å². The fourth-order valence-electron chi connectivity index (χ4n) is 2.27. The molecule has 1 aromatic rings. The third-order valence-corrected chi connectivity index (χ3v) is 3.66. The Labute approximate surface area is 131 Å². The highest BCUT2D eigenvalue weighted by atomic mass is 35.5. The molecule has 0 aromatic heterocycles. The molecule has 0 spiro atoms. The monoisotopic (exact) mass is 311 g/mol. The van der Waals surface area contributed by atoms with Crippen LogP contribution in [-0.4, -0.2) is 17.9 Å². The van der Waals surface area contributed by atoms with Crippen LogP contribution in [0.4, 0.5) is 5.69 Å². The highest BCUT2D eigenvalue weighted by Crippen LogP contribution is 2.18. The number of nitrogens with one attached hydrogen (secondary N) is 2. The van der Waals surface area contributed by atoms with Gasteiger partial charge in [0.05, 0.1) is 6.04 Å². The van der Waals surface area contributed by atoms with Gasteiger partial charge in [0.2, 0.25) is 11.8 Å². The molecule has 0 unspecified atom stereocenters. The number of halogens is 1. The van der Waals surface area contributed by atoms with E-state index in [0.29, 0.717) is 13.0 Å². The lowest BCUT2D eigenvalue weighted by Crippen LogP contribution is -2.40. The van der Waals surface area contributed by atoms with Crippen LogP contribution < -0.4 is 16.4 Å². The minimum atomic E-state index is -0.503. The molecule has 4 N–H and O–H groups in total. The van der Waals surface area contributed by atoms with Crippen LogP contribution in [0.15, 0.2) is 24.3 Å². The fourth-order valence-corrected chi connectivity index (χ4v) is 2.27. The van der Waals surface area contributed by atoms with E-state index in [2.05, 4.69) is 10.6 Å². The predicted molar refractivity (Wildman–Crippen MR) is 85.2 cm³/mol. The highest BCUT2D eigenvalue weighted by molar-refractivity contribution is 5.93. The van der Waals surface area contributed by atoms with Gasteiger partial charge in [-0.25, -0.2) is 0 Å². The van der Waals surface area contributed by atoms with Gasteiger partial charge in [0, 0.05) is 18.2 Å². The van der Waals surface area contributed by atoms with Crippen LogP contribution in [0.5, 0.6) is 0 Å². The lowest BCUT2D eigenvalue weighted by atomic mass is 9.99. The zero-order valence-electron chi connectivity index (χ0n) is 12.1. The molecule has 5 nitrogen and oxygen atoms in total. The van der Waals surface area contributed by atoms with Crippen LogP contribution in [0.1, 0.15) is 31.7 Å². The Balaban J connectivity index is 0.00000220. The van der Waals surface area contributed by atoms with Gasteiger partial charge in [-0.3, -0.25) is 9.59 Å². The number of fused-ring (bicyclic) bond motifs is 1. The van der Waals surface area contributed by atoms with Gasteiger partial charge in [-0.1, -0.05) is 31.5 Å². The molecule has 21 heavy (non-hydrogen) atoms. The standard InChI is InChI=1S/C15H21N3O2.ClH/c1-10-5-4-7-12(16)15(20)17-9-11-6-2-3-8-13(11)18-14(10)19;/h2-3,6,8,10,12H,4-5,7,9,16H2,1H3,(H,17,20)(H,18,19);1H/t10-,12+;/m1./s1. The molecule has 6 heteroatoms. The molecule has 1 aliphatic rings. The van der Waals surface area contributed by atoms with Gasteiger partial charge < -0.3 is 16.4 Å². The molecular weight excluding hydrogens is 290 g/mol. The van der Waals surface area contributed by atoms with Crippen molar-refractivity contribution in [1.82, 2.24) is 5.32 Å². The van der Waals surface area contributed by atoms with E-state index in [1.165, 1.54) is 0 Å². The Hall–Kier alpha value is -1.59. The van der Waals surface area contributed by atoms with E-state index in [0.717, 1.165) is 24.1 Å². The molecule has 0 saturated heterocycles. The minimum Gasteiger partial charge on any atom is -0.351 e. The second-order valence-corrected chi connectivity index (χ2v) is 5.30. The first-order valence-electron chi connectivity index (χ1n) is 7.00. The maximum atomic E-state index is 12.1. The lowest BCUT2D eigenvalue weighted by molar-refractivity contribution is -0.122. The summed E-state index contributed by atoms with van der Waals surface area (Å²) in [6, 6.07) is 6.97. The molecule has 0 aliphatic carbocycles. The van der Waals surface area contributed by atoms with Crippen LogP contribution in [0.2, 0.25) is 0 Å². The van der Waals surface area contributed by atoms with Crippen LogP contribution in [0.25, 0.3) is 0 Å². The fraction of sp³-hybridized carbons (Fsp3) is 0.467. The van der Waals surface area contributed by atoms with Crippen LogP contribution >= 0.6 is 12.4 Å². The number of para-hydroxylation sites is 1. The molecular formula is C15H22ClN3O2. The van der Waals surface area contributed by atoms with Gasteiger partial charge in [-0.2, -0.15) is 0 Å². The van der Waals surface area contributed by atoms with Gasteiger partial charge in [0.1, 0.15) is 0 Å². The highest BCUT2D eigenvalue weighted by Gasteiger charge is 2.19. The summed E-state index contributed by atoms with van der Waals surface area (Å²) in [5.41, 5.74) is 7.48. The maximum Gasteiger partial charge on any atom is 0.237 e. The number of nitrogens with two attached hydrogens (primary N) is 1. The predicted octanol–water partition coefficient (Wildman–Crippen LogP) is 1.81. The second kappa shape index (κ2) is 8.00. The van der Waals surface area contributed by atoms with E-state index >= 15 is 0 Å². The molecule has 0 radical (unpaired) electrons. The van der Waals surface area contributed by atoms with Crippen LogP contribution in [0.3, 0.4) is 0 Å². The van der Waals surface area contributed by atoms with Crippen molar-refractivity contribution in [3.63, 3.8) is 0 Å². The van der Waals surface area contributed by atoms with Crippen molar-refractivity contribution in [2.24, 2.45) is 11.7 Å². The minimum absolute atomic E-state index is 0. The second-order valence-electron chi connectivity index (χ2n) is 5.30. The SMILES string of the molecule is C[C@@H]1CCC[C@H](N)C(=O)NCc2ccccc2NC1=O.Cl. The zero-order chi connectivity index (χ0) is 14.5. The Bertz CT molecular complexity index is 507. The summed E-state index contributed by atoms with van der Waals surface area (Å²) in [6.07, 6.45) is 2.10. The van der Waals surface area contributed by atoms with E-state index < -0.39 is 6.04 Å². The quantitative estimate of drug-likeness (QED) is 0.683. The van der Waals surface area contributed by atoms with E-state index in [-0.39, 0.29) is 30.1 Å². The first kappa shape index (κ1) is 17.5. The van der Waals surface area contributed by atoms with Gasteiger partial charge in [0.25, 0.3) is 0 Å². The van der Waals surface area contributed by atoms with Crippen molar-refractivity contribution in [2.45, 2.75) is 38.8 Å². The Morgan fingerprint density at radius 3 is 2.62 bits per heavy atom. The van der Waals surface area contributed by atoms with Crippen LogP contribution in [-0.2, 0) is 16.1 Å². The van der Waals surface area contributed by atoms with Crippen molar-refractivity contribution < 1.29 is 9.59 Å². The summed E-state index contributed by atoms with van der Waals surface area (Å²) >= 11 is 0. The number of benzene rings is 1. The van der Waals surface area contributed by atoms with Gasteiger partial charge in [0.15, 0.2) is 0 Å². The lowest BCUT2D eigenvalue weighted by Gasteiger charge is -2.19. The van der Waals surface area contributed by atoms with Gasteiger partial charge in [-0.05, 0) is 24.5 Å². The number of carbonyl (C=O) groups is 2. The average molecular weight is 312 g/mol.